The molecule has 1 N–H and O–H groups in total. The first kappa shape index (κ1) is 12.6. The van der Waals surface area contributed by atoms with Crippen LogP contribution in [0.1, 0.15) is 12.0 Å². The van der Waals surface area contributed by atoms with Crippen molar-refractivity contribution in [1.29, 1.82) is 0 Å². The molecule has 0 aliphatic carbocycles. The van der Waals surface area contributed by atoms with E-state index < -0.39 is 18.3 Å². The zero-order valence-electron chi connectivity index (χ0n) is 9.52. The summed E-state index contributed by atoms with van der Waals surface area (Å²) < 4.78 is 5.52. The Morgan fingerprint density at radius 3 is 2.47 bits per heavy atom. The Morgan fingerprint density at radius 2 is 1.87 bits per heavy atom. The van der Waals surface area contributed by atoms with Crippen molar-refractivity contribution in [2.24, 2.45) is 0 Å². The highest BCUT2D eigenvalue weighted by Crippen LogP contribution is 2.07. The summed E-state index contributed by atoms with van der Waals surface area (Å²) in [5.74, 6) is 0. The van der Waals surface area contributed by atoms with Crippen molar-refractivity contribution in [1.82, 2.24) is 0 Å². The quantitative estimate of drug-likeness (QED) is 0.769. The number of aryl methyl sites for hydroxylation is 1. The van der Waals surface area contributed by atoms with Crippen molar-refractivity contribution >= 4 is 18.3 Å². The van der Waals surface area contributed by atoms with Crippen molar-refractivity contribution in [3.63, 3.8) is 0 Å². The van der Waals surface area contributed by atoms with Crippen LogP contribution in [0.2, 0.25) is 19.1 Å². The van der Waals surface area contributed by atoms with Crippen LogP contribution in [-0.4, -0.2) is 23.1 Å². The Kier molecular flexibility index (Phi) is 5.86. The molecule has 1 aromatic rings. The maximum Gasteiger partial charge on any atom is 0.308 e. The van der Waals surface area contributed by atoms with Crippen LogP contribution >= 0.6 is 0 Å². The second-order valence-electron chi connectivity index (χ2n) is 4.02. The first-order valence-electron chi connectivity index (χ1n) is 5.56. The standard InChI is InChI=1S/C11H20O2Si2/c1-14(2)13-15(12)10-6-9-11-7-4-3-5-8-11/h3-5,7-8,12,14-15H,6,9-10H2,1-2H3. The van der Waals surface area contributed by atoms with E-state index in [4.69, 9.17) is 4.12 Å². The normalized spacial score (nSPS) is 13.1. The van der Waals surface area contributed by atoms with E-state index in [0.717, 1.165) is 18.9 Å². The molecule has 1 rings (SSSR count). The number of rotatable bonds is 6. The molecule has 1 aromatic carbocycles. The van der Waals surface area contributed by atoms with Crippen LogP contribution in [-0.2, 0) is 10.5 Å². The summed E-state index contributed by atoms with van der Waals surface area (Å²) in [6.45, 7) is 4.21. The molecule has 0 aromatic heterocycles. The summed E-state index contributed by atoms with van der Waals surface area (Å²) >= 11 is 0. The molecule has 1 atom stereocenters. The molecule has 4 heteroatoms. The summed E-state index contributed by atoms with van der Waals surface area (Å²) in [4.78, 5) is 9.65. The predicted molar refractivity (Wildman–Crippen MR) is 68.9 cm³/mol. The SMILES string of the molecule is C[SiH](C)O[SiH](O)CCCc1ccccc1. The van der Waals surface area contributed by atoms with E-state index in [9.17, 15) is 4.80 Å². The molecular weight excluding hydrogens is 220 g/mol. The Hall–Kier alpha value is -0.426. The molecule has 0 saturated carbocycles. The minimum absolute atomic E-state index is 0.875. The lowest BCUT2D eigenvalue weighted by atomic mass is 10.1. The van der Waals surface area contributed by atoms with E-state index in [1.165, 1.54) is 5.56 Å². The van der Waals surface area contributed by atoms with Gasteiger partial charge < -0.3 is 8.91 Å². The van der Waals surface area contributed by atoms with Crippen molar-refractivity contribution in [2.45, 2.75) is 32.0 Å². The fourth-order valence-electron chi connectivity index (χ4n) is 1.51. The van der Waals surface area contributed by atoms with E-state index in [1.54, 1.807) is 0 Å². The van der Waals surface area contributed by atoms with Gasteiger partial charge in [0.2, 0.25) is 0 Å². The fraction of sp³-hybridized carbons (Fsp3) is 0.455. The van der Waals surface area contributed by atoms with E-state index in [0.29, 0.717) is 0 Å². The van der Waals surface area contributed by atoms with Crippen LogP contribution in [0.25, 0.3) is 0 Å². The zero-order valence-corrected chi connectivity index (χ0v) is 11.8. The fourth-order valence-corrected chi connectivity index (χ4v) is 5.12. The first-order chi connectivity index (χ1) is 7.18. The zero-order chi connectivity index (χ0) is 11.1. The average molecular weight is 240 g/mol. The highest BCUT2D eigenvalue weighted by atomic mass is 28.4. The van der Waals surface area contributed by atoms with Gasteiger partial charge in [-0.05, 0) is 37.5 Å². The van der Waals surface area contributed by atoms with Gasteiger partial charge in [-0.1, -0.05) is 30.3 Å². The van der Waals surface area contributed by atoms with Gasteiger partial charge in [-0.25, -0.2) is 0 Å². The van der Waals surface area contributed by atoms with Crippen LogP contribution < -0.4 is 0 Å². The van der Waals surface area contributed by atoms with Gasteiger partial charge in [-0.2, -0.15) is 0 Å². The lowest BCUT2D eigenvalue weighted by Gasteiger charge is -2.12. The molecule has 0 saturated heterocycles. The molecule has 0 aliphatic rings. The molecule has 0 spiro atoms. The molecule has 0 radical (unpaired) electrons. The lowest BCUT2D eigenvalue weighted by molar-refractivity contribution is 0.419. The number of hydrogen-bond acceptors (Lipinski definition) is 2. The third kappa shape index (κ3) is 5.89. The van der Waals surface area contributed by atoms with Gasteiger partial charge in [0, 0.05) is 0 Å². The minimum atomic E-state index is -1.84. The highest BCUT2D eigenvalue weighted by molar-refractivity contribution is 6.60. The van der Waals surface area contributed by atoms with Crippen molar-refractivity contribution < 1.29 is 8.91 Å². The van der Waals surface area contributed by atoms with Crippen LogP contribution in [0.4, 0.5) is 0 Å². The monoisotopic (exact) mass is 240 g/mol. The topological polar surface area (TPSA) is 29.5 Å². The van der Waals surface area contributed by atoms with E-state index in [1.807, 2.05) is 6.07 Å². The summed E-state index contributed by atoms with van der Waals surface area (Å²) in [6, 6.07) is 11.3. The maximum atomic E-state index is 9.65. The smallest absolute Gasteiger partial charge is 0.308 e. The highest BCUT2D eigenvalue weighted by Gasteiger charge is 2.09. The van der Waals surface area contributed by atoms with Gasteiger partial charge in [-0.15, -0.1) is 0 Å². The molecule has 84 valence electrons. The number of hydrogen-bond donors (Lipinski definition) is 1. The Labute approximate surface area is 95.5 Å². The molecule has 0 heterocycles. The van der Waals surface area contributed by atoms with E-state index in [-0.39, 0.29) is 0 Å². The van der Waals surface area contributed by atoms with Gasteiger partial charge in [-0.3, -0.25) is 0 Å². The molecule has 2 nitrogen and oxygen atoms in total. The van der Waals surface area contributed by atoms with Gasteiger partial charge in [0.25, 0.3) is 0 Å². The molecule has 15 heavy (non-hydrogen) atoms. The van der Waals surface area contributed by atoms with Crippen molar-refractivity contribution in [3.8, 4) is 0 Å². The molecule has 0 aliphatic heterocycles. The summed E-state index contributed by atoms with van der Waals surface area (Å²) in [5.41, 5.74) is 1.35. The van der Waals surface area contributed by atoms with Gasteiger partial charge in [0.1, 0.15) is 0 Å². The summed E-state index contributed by atoms with van der Waals surface area (Å²) in [5, 5.41) is 0. The molecule has 0 bridgehead atoms. The maximum absolute atomic E-state index is 9.65. The molecule has 0 fully saturated rings. The van der Waals surface area contributed by atoms with Gasteiger partial charge in [0.05, 0.1) is 0 Å². The third-order valence-corrected chi connectivity index (χ3v) is 6.52. The predicted octanol–water partition coefficient (Wildman–Crippen LogP) is 1.83. The van der Waals surface area contributed by atoms with E-state index in [2.05, 4.69) is 37.4 Å². The second kappa shape index (κ2) is 6.95. The minimum Gasteiger partial charge on any atom is -0.441 e. The lowest BCUT2D eigenvalue weighted by Crippen LogP contribution is -2.24. The Morgan fingerprint density at radius 1 is 1.20 bits per heavy atom. The Bertz CT molecular complexity index is 265. The second-order valence-corrected chi connectivity index (χ2v) is 8.69. The molecule has 0 amide bonds. The molecule has 1 unspecified atom stereocenters. The molecular formula is C11H20O2Si2. The first-order valence-corrected chi connectivity index (χ1v) is 10.1. The van der Waals surface area contributed by atoms with Gasteiger partial charge in [0.15, 0.2) is 9.04 Å². The van der Waals surface area contributed by atoms with Crippen molar-refractivity contribution in [2.75, 3.05) is 0 Å². The third-order valence-electron chi connectivity index (χ3n) is 2.19. The van der Waals surface area contributed by atoms with Gasteiger partial charge >= 0.3 is 9.28 Å². The van der Waals surface area contributed by atoms with E-state index >= 15 is 0 Å². The van der Waals surface area contributed by atoms with Crippen LogP contribution in [0, 0.1) is 0 Å². The summed E-state index contributed by atoms with van der Waals surface area (Å²) in [6.07, 6.45) is 2.09. The van der Waals surface area contributed by atoms with Crippen LogP contribution in [0.3, 0.4) is 0 Å². The van der Waals surface area contributed by atoms with Crippen molar-refractivity contribution in [3.05, 3.63) is 35.9 Å². The van der Waals surface area contributed by atoms with Crippen LogP contribution in [0.5, 0.6) is 0 Å². The largest absolute Gasteiger partial charge is 0.441 e. The van der Waals surface area contributed by atoms with Crippen LogP contribution in [0.15, 0.2) is 30.3 Å². The Balaban J connectivity index is 2.16. The number of benzene rings is 1. The average Bonchev–Trinajstić information content (AvgIpc) is 2.18. The summed E-state index contributed by atoms with van der Waals surface area (Å²) in [7, 11) is -2.87.